The lowest BCUT2D eigenvalue weighted by molar-refractivity contribution is 0.0690. The van der Waals surface area contributed by atoms with Gasteiger partial charge in [0, 0.05) is 13.1 Å². The highest BCUT2D eigenvalue weighted by Gasteiger charge is 2.43. The molecular formula is C14H22N4O3. The minimum absolute atomic E-state index is 0.0424. The van der Waals surface area contributed by atoms with Crippen molar-refractivity contribution in [2.45, 2.75) is 51.1 Å². The van der Waals surface area contributed by atoms with Crippen LogP contribution in [0.3, 0.4) is 0 Å². The topological polar surface area (TPSA) is 98.3 Å². The largest absolute Gasteiger partial charge is 0.477 e. The van der Waals surface area contributed by atoms with Gasteiger partial charge in [-0.2, -0.15) is 0 Å². The second kappa shape index (κ2) is 5.75. The predicted molar refractivity (Wildman–Crippen MR) is 77.1 cm³/mol. The lowest BCUT2D eigenvalue weighted by atomic mass is 9.76. The average Bonchev–Trinajstić information content (AvgIpc) is 2.90. The van der Waals surface area contributed by atoms with E-state index in [1.807, 2.05) is 13.8 Å². The first-order valence-corrected chi connectivity index (χ1v) is 7.23. The number of aromatic nitrogens is 2. The van der Waals surface area contributed by atoms with Gasteiger partial charge in [0.05, 0.1) is 11.7 Å². The molecule has 1 heterocycles. The Morgan fingerprint density at radius 1 is 1.57 bits per heavy atom. The van der Waals surface area contributed by atoms with E-state index in [2.05, 4.69) is 15.3 Å². The second-order valence-corrected chi connectivity index (χ2v) is 5.68. The van der Waals surface area contributed by atoms with Crippen molar-refractivity contribution in [3.05, 3.63) is 17.7 Å². The summed E-state index contributed by atoms with van der Waals surface area (Å²) in [5.41, 5.74) is -0.521. The fourth-order valence-corrected chi connectivity index (χ4v) is 2.39. The number of urea groups is 1. The Bertz CT molecular complexity index is 536. The number of aromatic amines is 1. The van der Waals surface area contributed by atoms with Crippen molar-refractivity contribution >= 4 is 12.0 Å². The Morgan fingerprint density at radius 3 is 2.67 bits per heavy atom. The molecule has 0 spiro atoms. The molecular weight excluding hydrogens is 272 g/mol. The highest BCUT2D eigenvalue weighted by molar-refractivity contribution is 5.85. The van der Waals surface area contributed by atoms with Crippen molar-refractivity contribution < 1.29 is 14.7 Å². The zero-order chi connectivity index (χ0) is 15.6. The summed E-state index contributed by atoms with van der Waals surface area (Å²) >= 11 is 0. The number of nitrogens with zero attached hydrogens (tertiary/aromatic N) is 2. The molecule has 1 aromatic heterocycles. The van der Waals surface area contributed by atoms with Gasteiger partial charge in [0.25, 0.3) is 0 Å². The number of carbonyl (C=O) groups excluding carboxylic acids is 1. The van der Waals surface area contributed by atoms with Crippen LogP contribution in [0.4, 0.5) is 4.79 Å². The first-order valence-electron chi connectivity index (χ1n) is 7.23. The number of hydrogen-bond acceptors (Lipinski definition) is 3. The van der Waals surface area contributed by atoms with Crippen LogP contribution in [0.2, 0.25) is 0 Å². The van der Waals surface area contributed by atoms with Gasteiger partial charge in [-0.3, -0.25) is 0 Å². The van der Waals surface area contributed by atoms with Gasteiger partial charge in [-0.1, -0.05) is 6.92 Å². The molecule has 1 atom stereocenters. The van der Waals surface area contributed by atoms with E-state index < -0.39 is 11.5 Å². The Hall–Kier alpha value is -2.05. The zero-order valence-electron chi connectivity index (χ0n) is 12.6. The molecule has 116 valence electrons. The average molecular weight is 294 g/mol. The van der Waals surface area contributed by atoms with Gasteiger partial charge in [0.2, 0.25) is 0 Å². The normalized spacial score (nSPS) is 17.7. The molecule has 1 fully saturated rings. The fourth-order valence-electron chi connectivity index (χ4n) is 2.39. The number of H-pyrrole nitrogens is 1. The van der Waals surface area contributed by atoms with E-state index in [1.54, 1.807) is 11.9 Å². The molecule has 0 radical (unpaired) electrons. The summed E-state index contributed by atoms with van der Waals surface area (Å²) in [6.07, 6.45) is 4.68. The van der Waals surface area contributed by atoms with Crippen LogP contribution >= 0.6 is 0 Å². The molecule has 1 unspecified atom stereocenters. The standard InChI is InChI=1S/C14H22N4O3/c1-4-9(2)18(3)13(21)17-14(6-5-7-14)12-15-8-10(16-12)11(19)20/h8-9H,4-7H2,1-3H3,(H,15,16)(H,17,21)(H,19,20). The van der Waals surface area contributed by atoms with E-state index >= 15 is 0 Å². The first-order chi connectivity index (χ1) is 9.89. The maximum Gasteiger partial charge on any atom is 0.353 e. The summed E-state index contributed by atoms with van der Waals surface area (Å²) in [6.45, 7) is 4.02. The van der Waals surface area contributed by atoms with E-state index in [0.717, 1.165) is 25.7 Å². The Morgan fingerprint density at radius 2 is 2.24 bits per heavy atom. The Balaban J connectivity index is 2.14. The minimum atomic E-state index is -1.05. The molecule has 1 saturated carbocycles. The van der Waals surface area contributed by atoms with Crippen LogP contribution < -0.4 is 5.32 Å². The summed E-state index contributed by atoms with van der Waals surface area (Å²) in [4.78, 5) is 31.9. The van der Waals surface area contributed by atoms with Crippen LogP contribution in [0.15, 0.2) is 6.20 Å². The number of carboxylic acid groups (broad SMARTS) is 1. The van der Waals surface area contributed by atoms with Gasteiger partial charge in [0.15, 0.2) is 0 Å². The molecule has 1 aliphatic rings. The number of nitrogens with one attached hydrogen (secondary N) is 2. The van der Waals surface area contributed by atoms with Gasteiger partial charge in [0.1, 0.15) is 11.5 Å². The maximum absolute atomic E-state index is 12.3. The van der Waals surface area contributed by atoms with Gasteiger partial charge in [-0.15, -0.1) is 0 Å². The third kappa shape index (κ3) is 2.86. The molecule has 0 bridgehead atoms. The second-order valence-electron chi connectivity index (χ2n) is 5.68. The number of rotatable bonds is 5. The SMILES string of the molecule is CCC(C)N(C)C(=O)NC1(c2ncc(C(=O)O)[nH]2)CCC1. The molecule has 2 amide bonds. The molecule has 1 aromatic rings. The molecule has 3 N–H and O–H groups in total. The van der Waals surface area contributed by atoms with Gasteiger partial charge < -0.3 is 20.3 Å². The number of carbonyl (C=O) groups is 2. The Labute approximate surface area is 123 Å². The lowest BCUT2D eigenvalue weighted by Gasteiger charge is -2.42. The van der Waals surface area contributed by atoms with Crippen molar-refractivity contribution in [3.63, 3.8) is 0 Å². The first kappa shape index (κ1) is 15.3. The summed E-state index contributed by atoms with van der Waals surface area (Å²) < 4.78 is 0. The van der Waals surface area contributed by atoms with E-state index in [0.29, 0.717) is 5.82 Å². The molecule has 21 heavy (non-hydrogen) atoms. The molecule has 0 saturated heterocycles. The molecule has 0 aromatic carbocycles. The van der Waals surface area contributed by atoms with Crippen molar-refractivity contribution in [1.82, 2.24) is 20.2 Å². The molecule has 2 rings (SSSR count). The van der Waals surface area contributed by atoms with E-state index in [1.165, 1.54) is 6.20 Å². The molecule has 7 heteroatoms. The summed E-state index contributed by atoms with van der Waals surface area (Å²) in [7, 11) is 1.76. The number of amides is 2. The van der Waals surface area contributed by atoms with Crippen LogP contribution in [0.25, 0.3) is 0 Å². The summed E-state index contributed by atoms with van der Waals surface area (Å²) in [6, 6.07) is -0.00867. The number of imidazole rings is 1. The van der Waals surface area contributed by atoms with Crippen LogP contribution in [-0.2, 0) is 5.54 Å². The van der Waals surface area contributed by atoms with E-state index in [-0.39, 0.29) is 17.8 Å². The maximum atomic E-state index is 12.3. The van der Waals surface area contributed by atoms with Crippen LogP contribution in [0.5, 0.6) is 0 Å². The van der Waals surface area contributed by atoms with E-state index in [4.69, 9.17) is 5.11 Å². The number of hydrogen-bond donors (Lipinski definition) is 3. The summed E-state index contributed by atoms with van der Waals surface area (Å²) in [5.74, 6) is -0.525. The van der Waals surface area contributed by atoms with Crippen LogP contribution in [-0.4, -0.2) is 45.1 Å². The van der Waals surface area contributed by atoms with Gasteiger partial charge in [-0.05, 0) is 32.6 Å². The smallest absolute Gasteiger partial charge is 0.353 e. The predicted octanol–water partition coefficient (Wildman–Crippen LogP) is 1.93. The third-order valence-corrected chi connectivity index (χ3v) is 4.39. The quantitative estimate of drug-likeness (QED) is 0.772. The fraction of sp³-hybridized carbons (Fsp3) is 0.643. The molecule has 1 aliphatic carbocycles. The van der Waals surface area contributed by atoms with Crippen LogP contribution in [0.1, 0.15) is 55.8 Å². The van der Waals surface area contributed by atoms with Crippen LogP contribution in [0, 0.1) is 0 Å². The van der Waals surface area contributed by atoms with Crippen molar-refractivity contribution in [3.8, 4) is 0 Å². The van der Waals surface area contributed by atoms with E-state index in [9.17, 15) is 9.59 Å². The Kier molecular flexibility index (Phi) is 4.20. The van der Waals surface area contributed by atoms with Crippen molar-refractivity contribution in [2.24, 2.45) is 0 Å². The number of carboxylic acids is 1. The van der Waals surface area contributed by atoms with Crippen molar-refractivity contribution in [1.29, 1.82) is 0 Å². The molecule has 0 aliphatic heterocycles. The van der Waals surface area contributed by atoms with Gasteiger partial charge >= 0.3 is 12.0 Å². The summed E-state index contributed by atoms with van der Waals surface area (Å²) in [5, 5.41) is 12.0. The van der Waals surface area contributed by atoms with Crippen molar-refractivity contribution in [2.75, 3.05) is 7.05 Å². The zero-order valence-corrected chi connectivity index (χ0v) is 12.6. The number of aromatic carboxylic acids is 1. The monoisotopic (exact) mass is 294 g/mol. The minimum Gasteiger partial charge on any atom is -0.477 e. The third-order valence-electron chi connectivity index (χ3n) is 4.39. The lowest BCUT2D eigenvalue weighted by Crippen LogP contribution is -2.56. The molecule has 7 nitrogen and oxygen atoms in total. The van der Waals surface area contributed by atoms with Gasteiger partial charge in [-0.25, -0.2) is 14.6 Å². The highest BCUT2D eigenvalue weighted by atomic mass is 16.4. The highest BCUT2D eigenvalue weighted by Crippen LogP contribution is 2.39.